The van der Waals surface area contributed by atoms with Crippen LogP contribution >= 0.6 is 11.8 Å². The summed E-state index contributed by atoms with van der Waals surface area (Å²) in [6.45, 7) is 9.28. The summed E-state index contributed by atoms with van der Waals surface area (Å²) in [6, 6.07) is 21.7. The van der Waals surface area contributed by atoms with Gasteiger partial charge in [0.15, 0.2) is 0 Å². The highest BCUT2D eigenvalue weighted by Gasteiger charge is 2.25. The summed E-state index contributed by atoms with van der Waals surface area (Å²) < 4.78 is 0. The summed E-state index contributed by atoms with van der Waals surface area (Å²) in [5, 5.41) is 2.92. The van der Waals surface area contributed by atoms with Crippen molar-refractivity contribution in [3.63, 3.8) is 0 Å². The van der Waals surface area contributed by atoms with Crippen LogP contribution in [-0.2, 0) is 4.79 Å². The first kappa shape index (κ1) is 23.9. The molecule has 0 saturated carbocycles. The van der Waals surface area contributed by atoms with Crippen molar-refractivity contribution in [2.24, 2.45) is 0 Å². The number of carbonyl (C=O) groups excluding carboxylic acids is 2. The van der Waals surface area contributed by atoms with Gasteiger partial charge < -0.3 is 15.1 Å². The van der Waals surface area contributed by atoms with Crippen molar-refractivity contribution in [2.75, 3.05) is 42.1 Å². The standard InChI is InChI=1S/C28H31N3O2S/c1-20-11-13-23(14-12-20)29-27(32)19-34-26-10-5-4-8-24(26)28(33)31-17-15-30(16-18-31)25-9-6-7-21(2)22(25)3/h4-14H,15-19H2,1-3H3,(H,29,32). The number of nitrogens with one attached hydrogen (secondary N) is 1. The van der Waals surface area contributed by atoms with Gasteiger partial charge in [-0.2, -0.15) is 0 Å². The molecular weight excluding hydrogens is 442 g/mol. The number of rotatable bonds is 6. The van der Waals surface area contributed by atoms with Crippen LogP contribution in [0.25, 0.3) is 0 Å². The van der Waals surface area contributed by atoms with Crippen molar-refractivity contribution in [3.05, 3.63) is 89.0 Å². The highest BCUT2D eigenvalue weighted by atomic mass is 32.2. The van der Waals surface area contributed by atoms with Crippen molar-refractivity contribution in [2.45, 2.75) is 25.7 Å². The van der Waals surface area contributed by atoms with E-state index < -0.39 is 0 Å². The van der Waals surface area contributed by atoms with Crippen molar-refractivity contribution < 1.29 is 9.59 Å². The van der Waals surface area contributed by atoms with E-state index in [1.165, 1.54) is 28.6 Å². The Morgan fingerprint density at radius 3 is 2.29 bits per heavy atom. The van der Waals surface area contributed by atoms with E-state index in [4.69, 9.17) is 0 Å². The molecular formula is C28H31N3O2S. The number of aryl methyl sites for hydroxylation is 2. The second kappa shape index (κ2) is 10.8. The van der Waals surface area contributed by atoms with Gasteiger partial charge >= 0.3 is 0 Å². The average molecular weight is 474 g/mol. The van der Waals surface area contributed by atoms with Gasteiger partial charge in [0.25, 0.3) is 5.91 Å². The second-order valence-corrected chi connectivity index (χ2v) is 9.71. The summed E-state index contributed by atoms with van der Waals surface area (Å²) in [6.07, 6.45) is 0. The molecule has 1 heterocycles. The molecule has 0 aliphatic carbocycles. The molecule has 1 aliphatic heterocycles. The second-order valence-electron chi connectivity index (χ2n) is 8.70. The van der Waals surface area contributed by atoms with Crippen molar-refractivity contribution >= 4 is 35.0 Å². The van der Waals surface area contributed by atoms with Gasteiger partial charge in [0, 0.05) is 42.4 Å². The number of nitrogens with zero attached hydrogens (tertiary/aromatic N) is 2. The molecule has 1 saturated heterocycles. The predicted octanol–water partition coefficient (Wildman–Crippen LogP) is 5.31. The van der Waals surface area contributed by atoms with E-state index in [9.17, 15) is 9.59 Å². The van der Waals surface area contributed by atoms with E-state index in [1.54, 1.807) is 0 Å². The normalized spacial score (nSPS) is 13.6. The minimum Gasteiger partial charge on any atom is -0.368 e. The topological polar surface area (TPSA) is 52.7 Å². The molecule has 6 heteroatoms. The number of hydrogen-bond acceptors (Lipinski definition) is 4. The quantitative estimate of drug-likeness (QED) is 0.493. The maximum absolute atomic E-state index is 13.3. The lowest BCUT2D eigenvalue weighted by Crippen LogP contribution is -2.49. The number of amides is 2. The number of carbonyl (C=O) groups is 2. The molecule has 176 valence electrons. The molecule has 1 aliphatic rings. The van der Waals surface area contributed by atoms with Crippen LogP contribution in [-0.4, -0.2) is 48.6 Å². The number of anilines is 2. The zero-order chi connectivity index (χ0) is 24.1. The lowest BCUT2D eigenvalue weighted by molar-refractivity contribution is -0.113. The molecule has 0 unspecified atom stereocenters. The first-order chi connectivity index (χ1) is 16.4. The zero-order valence-corrected chi connectivity index (χ0v) is 20.8. The van der Waals surface area contributed by atoms with Gasteiger partial charge in [-0.05, 0) is 62.2 Å². The third kappa shape index (κ3) is 5.62. The van der Waals surface area contributed by atoms with E-state index in [0.717, 1.165) is 29.2 Å². The van der Waals surface area contributed by atoms with Crippen LogP contribution in [0.2, 0.25) is 0 Å². The molecule has 2 amide bonds. The Hall–Kier alpha value is -3.25. The fourth-order valence-corrected chi connectivity index (χ4v) is 4.99. The summed E-state index contributed by atoms with van der Waals surface area (Å²) in [5.74, 6) is 0.194. The Balaban J connectivity index is 1.36. The Morgan fingerprint density at radius 1 is 0.853 bits per heavy atom. The largest absolute Gasteiger partial charge is 0.368 e. The number of thioether (sulfide) groups is 1. The Morgan fingerprint density at radius 2 is 1.56 bits per heavy atom. The van der Waals surface area contributed by atoms with Crippen LogP contribution in [0.4, 0.5) is 11.4 Å². The highest BCUT2D eigenvalue weighted by Crippen LogP contribution is 2.27. The lowest BCUT2D eigenvalue weighted by Gasteiger charge is -2.37. The van der Waals surface area contributed by atoms with Crippen LogP contribution < -0.4 is 10.2 Å². The fourth-order valence-electron chi connectivity index (χ4n) is 4.15. The monoisotopic (exact) mass is 473 g/mol. The molecule has 0 radical (unpaired) electrons. The van der Waals surface area contributed by atoms with E-state index in [0.29, 0.717) is 18.7 Å². The van der Waals surface area contributed by atoms with E-state index in [1.807, 2.05) is 60.4 Å². The Kier molecular flexibility index (Phi) is 7.58. The van der Waals surface area contributed by atoms with Gasteiger partial charge in [0.2, 0.25) is 5.91 Å². The van der Waals surface area contributed by atoms with Gasteiger partial charge in [-0.1, -0.05) is 42.0 Å². The van der Waals surface area contributed by atoms with Crippen molar-refractivity contribution in [3.8, 4) is 0 Å². The number of hydrogen-bond donors (Lipinski definition) is 1. The SMILES string of the molecule is Cc1ccc(NC(=O)CSc2ccccc2C(=O)N2CCN(c3cccc(C)c3C)CC2)cc1. The first-order valence-corrected chi connectivity index (χ1v) is 12.6. The maximum Gasteiger partial charge on any atom is 0.255 e. The third-order valence-electron chi connectivity index (χ3n) is 6.30. The fraction of sp³-hybridized carbons (Fsp3) is 0.286. The molecule has 34 heavy (non-hydrogen) atoms. The minimum atomic E-state index is -0.0850. The van der Waals surface area contributed by atoms with E-state index >= 15 is 0 Å². The van der Waals surface area contributed by atoms with Crippen LogP contribution in [0.3, 0.4) is 0 Å². The minimum absolute atomic E-state index is 0.0302. The number of benzene rings is 3. The molecule has 0 spiro atoms. The summed E-state index contributed by atoms with van der Waals surface area (Å²) in [7, 11) is 0. The molecule has 0 atom stereocenters. The number of piperazine rings is 1. The average Bonchev–Trinajstić information content (AvgIpc) is 2.86. The van der Waals surface area contributed by atoms with Crippen LogP contribution in [0, 0.1) is 20.8 Å². The van der Waals surface area contributed by atoms with Crippen LogP contribution in [0.15, 0.2) is 71.6 Å². The van der Waals surface area contributed by atoms with Crippen LogP contribution in [0.5, 0.6) is 0 Å². The summed E-state index contributed by atoms with van der Waals surface area (Å²) in [5.41, 5.74) is 6.43. The smallest absolute Gasteiger partial charge is 0.255 e. The van der Waals surface area contributed by atoms with Gasteiger partial charge in [-0.15, -0.1) is 11.8 Å². The van der Waals surface area contributed by atoms with Gasteiger partial charge in [-0.25, -0.2) is 0 Å². The Bertz CT molecular complexity index is 1170. The van der Waals surface area contributed by atoms with Crippen molar-refractivity contribution in [1.82, 2.24) is 4.90 Å². The van der Waals surface area contributed by atoms with E-state index in [2.05, 4.69) is 42.3 Å². The summed E-state index contributed by atoms with van der Waals surface area (Å²) in [4.78, 5) is 30.9. The highest BCUT2D eigenvalue weighted by molar-refractivity contribution is 8.00. The van der Waals surface area contributed by atoms with Gasteiger partial charge in [0.05, 0.1) is 11.3 Å². The molecule has 1 fully saturated rings. The summed E-state index contributed by atoms with van der Waals surface area (Å²) >= 11 is 1.40. The first-order valence-electron chi connectivity index (χ1n) is 11.6. The molecule has 3 aromatic rings. The maximum atomic E-state index is 13.3. The van der Waals surface area contributed by atoms with Crippen molar-refractivity contribution in [1.29, 1.82) is 0 Å². The van der Waals surface area contributed by atoms with Gasteiger partial charge in [0.1, 0.15) is 0 Å². The Labute approximate surface area is 206 Å². The zero-order valence-electron chi connectivity index (χ0n) is 20.0. The predicted molar refractivity (Wildman–Crippen MR) is 141 cm³/mol. The molecule has 0 aromatic heterocycles. The van der Waals surface area contributed by atoms with Gasteiger partial charge in [-0.3, -0.25) is 9.59 Å². The molecule has 5 nitrogen and oxygen atoms in total. The lowest BCUT2D eigenvalue weighted by atomic mass is 10.1. The molecule has 0 bridgehead atoms. The third-order valence-corrected chi connectivity index (χ3v) is 7.37. The molecule has 4 rings (SSSR count). The van der Waals surface area contributed by atoms with E-state index in [-0.39, 0.29) is 17.6 Å². The molecule has 3 aromatic carbocycles. The molecule has 1 N–H and O–H groups in total. The van der Waals surface area contributed by atoms with Crippen LogP contribution in [0.1, 0.15) is 27.0 Å².